The molecule has 0 radical (unpaired) electrons. The van der Waals surface area contributed by atoms with Gasteiger partial charge in [-0.15, -0.1) is 13.2 Å². The fourth-order valence-corrected chi connectivity index (χ4v) is 8.48. The fourth-order valence-electron chi connectivity index (χ4n) is 1.80. The molecule has 0 saturated carbocycles. The quantitative estimate of drug-likeness (QED) is 0.622. The highest BCUT2D eigenvalue weighted by Gasteiger charge is 2.42. The summed E-state index contributed by atoms with van der Waals surface area (Å²) in [5.41, 5.74) is 3.38. The molecule has 3 nitrogen and oxygen atoms in total. The van der Waals surface area contributed by atoms with Crippen LogP contribution >= 0.6 is 0 Å². The molecule has 0 aromatic carbocycles. The Hall–Kier alpha value is -0.206. The molecule has 0 rings (SSSR count). The minimum Gasteiger partial charge on any atom is -0.408 e. The van der Waals surface area contributed by atoms with Crippen LogP contribution in [-0.4, -0.2) is 28.5 Å². The standard InChI is InChI=1S/C12H26O3Si2/c1-6-11-16(13,9-4)15-17(10-5,12-7-2)14-8-3/h9-10,13H,4-8,11-12H2,1-3H3. The first-order valence-electron chi connectivity index (χ1n) is 6.35. The van der Waals surface area contributed by atoms with Crippen molar-refractivity contribution < 1.29 is 13.3 Å². The SMILES string of the molecule is C=C[Si](O)(CCC)O[Si](C=C)(CCC)OCC. The van der Waals surface area contributed by atoms with Crippen LogP contribution < -0.4 is 0 Å². The van der Waals surface area contributed by atoms with Gasteiger partial charge in [-0.05, 0) is 19.0 Å². The van der Waals surface area contributed by atoms with E-state index in [-0.39, 0.29) is 0 Å². The number of rotatable bonds is 10. The van der Waals surface area contributed by atoms with Crippen molar-refractivity contribution in [2.75, 3.05) is 6.61 Å². The molecule has 0 heterocycles. The van der Waals surface area contributed by atoms with Gasteiger partial charge in [0, 0.05) is 6.61 Å². The molecule has 2 atom stereocenters. The average Bonchev–Trinajstić information content (AvgIpc) is 2.30. The van der Waals surface area contributed by atoms with Crippen molar-refractivity contribution in [2.24, 2.45) is 0 Å². The zero-order chi connectivity index (χ0) is 13.4. The first kappa shape index (κ1) is 16.8. The van der Waals surface area contributed by atoms with Gasteiger partial charge < -0.3 is 13.3 Å². The second-order valence-electron chi connectivity index (χ2n) is 4.10. The van der Waals surface area contributed by atoms with E-state index >= 15 is 0 Å². The van der Waals surface area contributed by atoms with Crippen LogP contribution in [0.3, 0.4) is 0 Å². The summed E-state index contributed by atoms with van der Waals surface area (Å²) in [6.07, 6.45) is 1.85. The lowest BCUT2D eigenvalue weighted by atomic mass is 10.6. The molecule has 5 heteroatoms. The van der Waals surface area contributed by atoms with E-state index < -0.39 is 17.1 Å². The summed E-state index contributed by atoms with van der Waals surface area (Å²) in [4.78, 5) is 10.4. The summed E-state index contributed by atoms with van der Waals surface area (Å²) >= 11 is 0. The smallest absolute Gasteiger partial charge is 0.355 e. The molecule has 0 aliphatic heterocycles. The van der Waals surface area contributed by atoms with Gasteiger partial charge in [-0.25, -0.2) is 0 Å². The van der Waals surface area contributed by atoms with E-state index in [1.165, 1.54) is 0 Å². The Kier molecular flexibility index (Phi) is 7.90. The largest absolute Gasteiger partial charge is 0.408 e. The molecule has 17 heavy (non-hydrogen) atoms. The van der Waals surface area contributed by atoms with Gasteiger partial charge in [-0.2, -0.15) is 0 Å². The van der Waals surface area contributed by atoms with Crippen molar-refractivity contribution in [3.05, 3.63) is 24.6 Å². The van der Waals surface area contributed by atoms with Gasteiger partial charge in [0.2, 0.25) is 0 Å². The third-order valence-electron chi connectivity index (χ3n) is 2.57. The summed E-state index contributed by atoms with van der Waals surface area (Å²) in [6.45, 7) is 14.2. The lowest BCUT2D eigenvalue weighted by molar-refractivity contribution is 0.238. The van der Waals surface area contributed by atoms with Crippen LogP contribution in [0.1, 0.15) is 33.6 Å². The Morgan fingerprint density at radius 1 is 1.06 bits per heavy atom. The normalized spacial score (nSPS) is 18.1. The minimum absolute atomic E-state index is 0.589. The van der Waals surface area contributed by atoms with E-state index in [1.807, 2.05) is 13.8 Å². The van der Waals surface area contributed by atoms with Gasteiger partial charge in [0.25, 0.3) is 0 Å². The third kappa shape index (κ3) is 5.31. The van der Waals surface area contributed by atoms with Crippen LogP contribution in [-0.2, 0) is 8.54 Å². The maximum absolute atomic E-state index is 10.4. The lowest BCUT2D eigenvalue weighted by Gasteiger charge is -2.34. The number of hydrogen-bond donors (Lipinski definition) is 1. The first-order valence-corrected chi connectivity index (χ1v) is 10.6. The van der Waals surface area contributed by atoms with E-state index in [2.05, 4.69) is 20.1 Å². The molecule has 0 aliphatic carbocycles. The Balaban J connectivity index is 4.91. The van der Waals surface area contributed by atoms with Crippen LogP contribution in [0.2, 0.25) is 12.1 Å². The molecule has 0 aromatic heterocycles. The summed E-state index contributed by atoms with van der Waals surface area (Å²) in [7, 11) is -5.28. The Bertz CT molecular complexity index is 240. The van der Waals surface area contributed by atoms with Gasteiger partial charge in [-0.3, -0.25) is 0 Å². The molecule has 0 bridgehead atoms. The molecular weight excluding hydrogens is 248 g/mol. The summed E-state index contributed by atoms with van der Waals surface area (Å²) in [5.74, 6) is 0. The molecule has 100 valence electrons. The zero-order valence-corrected chi connectivity index (χ0v) is 13.4. The molecule has 0 aromatic rings. The van der Waals surface area contributed by atoms with Crippen molar-refractivity contribution in [1.29, 1.82) is 0 Å². The third-order valence-corrected chi connectivity index (χ3v) is 9.82. The predicted molar refractivity (Wildman–Crippen MR) is 77.0 cm³/mol. The lowest BCUT2D eigenvalue weighted by Crippen LogP contribution is -2.52. The minimum atomic E-state index is -2.82. The Labute approximate surface area is 108 Å². The predicted octanol–water partition coefficient (Wildman–Crippen LogP) is 3.19. The van der Waals surface area contributed by atoms with Crippen molar-refractivity contribution in [1.82, 2.24) is 0 Å². The highest BCUT2D eigenvalue weighted by Crippen LogP contribution is 2.24. The second kappa shape index (κ2) is 7.99. The van der Waals surface area contributed by atoms with Crippen LogP contribution in [0.25, 0.3) is 0 Å². The highest BCUT2D eigenvalue weighted by atomic mass is 28.5. The van der Waals surface area contributed by atoms with Crippen LogP contribution in [0.15, 0.2) is 24.6 Å². The van der Waals surface area contributed by atoms with E-state index in [9.17, 15) is 4.80 Å². The van der Waals surface area contributed by atoms with Gasteiger partial charge in [0.1, 0.15) is 0 Å². The summed E-state index contributed by atoms with van der Waals surface area (Å²) < 4.78 is 11.8. The average molecular weight is 275 g/mol. The van der Waals surface area contributed by atoms with Crippen LogP contribution in [0, 0.1) is 0 Å². The number of hydrogen-bond acceptors (Lipinski definition) is 3. The van der Waals surface area contributed by atoms with E-state index in [0.29, 0.717) is 12.7 Å². The molecule has 2 unspecified atom stereocenters. The Morgan fingerprint density at radius 3 is 2.00 bits per heavy atom. The van der Waals surface area contributed by atoms with E-state index in [4.69, 9.17) is 8.54 Å². The molecule has 1 N–H and O–H groups in total. The molecule has 0 aliphatic rings. The molecule has 0 fully saturated rings. The maximum atomic E-state index is 10.4. The highest BCUT2D eigenvalue weighted by molar-refractivity contribution is 6.85. The topological polar surface area (TPSA) is 38.7 Å². The van der Waals surface area contributed by atoms with Gasteiger partial charge in [-0.1, -0.05) is 38.1 Å². The molecule has 0 saturated heterocycles. The van der Waals surface area contributed by atoms with Gasteiger partial charge in [0.05, 0.1) is 0 Å². The fraction of sp³-hybridized carbons (Fsp3) is 0.667. The van der Waals surface area contributed by atoms with Gasteiger partial charge >= 0.3 is 17.1 Å². The van der Waals surface area contributed by atoms with Crippen LogP contribution in [0.5, 0.6) is 0 Å². The molecule has 0 amide bonds. The second-order valence-corrected chi connectivity index (χ2v) is 10.3. The zero-order valence-electron chi connectivity index (χ0n) is 11.4. The van der Waals surface area contributed by atoms with Crippen molar-refractivity contribution >= 4 is 17.1 Å². The van der Waals surface area contributed by atoms with Crippen LogP contribution in [0.4, 0.5) is 0 Å². The molecular formula is C12H26O3Si2. The summed E-state index contributed by atoms with van der Waals surface area (Å²) in [5, 5.41) is 0. The first-order chi connectivity index (χ1) is 8.01. The maximum Gasteiger partial charge on any atom is 0.355 e. The Morgan fingerprint density at radius 2 is 1.65 bits per heavy atom. The summed E-state index contributed by atoms with van der Waals surface area (Å²) in [6, 6.07) is 1.49. The van der Waals surface area contributed by atoms with Crippen molar-refractivity contribution in [3.63, 3.8) is 0 Å². The monoisotopic (exact) mass is 274 g/mol. The van der Waals surface area contributed by atoms with Crippen molar-refractivity contribution in [2.45, 2.75) is 45.7 Å². The van der Waals surface area contributed by atoms with Gasteiger partial charge in [0.15, 0.2) is 0 Å². The van der Waals surface area contributed by atoms with E-state index in [0.717, 1.165) is 18.9 Å². The van der Waals surface area contributed by atoms with Crippen molar-refractivity contribution in [3.8, 4) is 0 Å². The van der Waals surface area contributed by atoms with E-state index in [1.54, 1.807) is 11.4 Å². The molecule has 0 spiro atoms.